The Morgan fingerprint density at radius 3 is 2.85 bits per heavy atom. The van der Waals surface area contributed by atoms with Gasteiger partial charge in [-0.25, -0.2) is 0 Å². The van der Waals surface area contributed by atoms with Crippen LogP contribution in [0.1, 0.15) is 76.0 Å². The van der Waals surface area contributed by atoms with E-state index in [4.69, 9.17) is 4.42 Å². The fourth-order valence-electron chi connectivity index (χ4n) is 2.60. The van der Waals surface area contributed by atoms with E-state index in [1.54, 1.807) is 0 Å². The number of aromatic nitrogens is 2. The molecule has 20 heavy (non-hydrogen) atoms. The second-order valence-corrected chi connectivity index (χ2v) is 5.57. The zero-order valence-electron chi connectivity index (χ0n) is 12.4. The van der Waals surface area contributed by atoms with E-state index in [-0.39, 0.29) is 5.91 Å². The third-order valence-corrected chi connectivity index (χ3v) is 3.86. The van der Waals surface area contributed by atoms with Gasteiger partial charge in [0.05, 0.1) is 0 Å². The normalized spacial score (nSPS) is 16.2. The maximum atomic E-state index is 11.6. The van der Waals surface area contributed by atoms with Crippen molar-refractivity contribution < 1.29 is 9.21 Å². The van der Waals surface area contributed by atoms with Gasteiger partial charge in [0.2, 0.25) is 17.7 Å². The maximum Gasteiger partial charge on any atom is 0.220 e. The smallest absolute Gasteiger partial charge is 0.220 e. The molecule has 1 heterocycles. The first-order valence-corrected chi connectivity index (χ1v) is 7.88. The van der Waals surface area contributed by atoms with Gasteiger partial charge in [-0.15, -0.1) is 10.2 Å². The lowest BCUT2D eigenvalue weighted by molar-refractivity contribution is -0.121. The number of hydrogen-bond acceptors (Lipinski definition) is 4. The lowest BCUT2D eigenvalue weighted by atomic mass is 9.89. The van der Waals surface area contributed by atoms with Crippen LogP contribution < -0.4 is 5.32 Å². The second-order valence-electron chi connectivity index (χ2n) is 5.57. The Morgan fingerprint density at radius 2 is 2.10 bits per heavy atom. The molecule has 0 saturated heterocycles. The molecule has 5 nitrogen and oxygen atoms in total. The van der Waals surface area contributed by atoms with Crippen molar-refractivity contribution in [1.29, 1.82) is 0 Å². The molecule has 0 radical (unpaired) electrons. The molecule has 2 rings (SSSR count). The average molecular weight is 279 g/mol. The summed E-state index contributed by atoms with van der Waals surface area (Å²) in [6.07, 6.45) is 9.21. The van der Waals surface area contributed by atoms with E-state index < -0.39 is 0 Å². The number of nitrogens with zero attached hydrogens (tertiary/aromatic N) is 2. The third-order valence-electron chi connectivity index (χ3n) is 3.86. The molecule has 1 fully saturated rings. The number of hydrogen-bond donors (Lipinski definition) is 1. The van der Waals surface area contributed by atoms with Crippen molar-refractivity contribution in [1.82, 2.24) is 15.5 Å². The number of aryl methyl sites for hydroxylation is 1. The van der Waals surface area contributed by atoms with Crippen molar-refractivity contribution in [3.05, 3.63) is 11.8 Å². The van der Waals surface area contributed by atoms with Crippen molar-refractivity contribution in [2.75, 3.05) is 6.54 Å². The first-order valence-electron chi connectivity index (χ1n) is 7.88. The van der Waals surface area contributed by atoms with Crippen molar-refractivity contribution in [2.45, 2.75) is 70.6 Å². The van der Waals surface area contributed by atoms with E-state index in [1.165, 1.54) is 19.3 Å². The maximum absolute atomic E-state index is 11.6. The van der Waals surface area contributed by atoms with E-state index in [2.05, 4.69) is 22.4 Å². The molecule has 112 valence electrons. The molecule has 0 atom stereocenters. The molecular formula is C15H25N3O2. The van der Waals surface area contributed by atoms with Crippen LogP contribution in [0.3, 0.4) is 0 Å². The monoisotopic (exact) mass is 279 g/mol. The van der Waals surface area contributed by atoms with Crippen LogP contribution >= 0.6 is 0 Å². The molecule has 0 unspecified atom stereocenters. The van der Waals surface area contributed by atoms with Gasteiger partial charge >= 0.3 is 0 Å². The molecule has 1 aromatic heterocycles. The van der Waals surface area contributed by atoms with Crippen molar-refractivity contribution in [3.8, 4) is 0 Å². The third kappa shape index (κ3) is 4.62. The highest BCUT2D eigenvalue weighted by Crippen LogP contribution is 2.31. The van der Waals surface area contributed by atoms with Crippen molar-refractivity contribution in [3.63, 3.8) is 0 Å². The zero-order chi connectivity index (χ0) is 14.2. The van der Waals surface area contributed by atoms with Crippen LogP contribution in [-0.4, -0.2) is 22.6 Å². The van der Waals surface area contributed by atoms with Gasteiger partial charge < -0.3 is 9.73 Å². The Balaban J connectivity index is 1.73. The summed E-state index contributed by atoms with van der Waals surface area (Å²) in [6.45, 7) is 2.86. The molecule has 5 heteroatoms. The summed E-state index contributed by atoms with van der Waals surface area (Å²) in [5.41, 5.74) is 0. The lowest BCUT2D eigenvalue weighted by Crippen LogP contribution is -2.24. The van der Waals surface area contributed by atoms with Crippen LogP contribution in [0, 0.1) is 0 Å². The standard InChI is InChI=1S/C15H25N3O2/c1-2-3-11-16-13(19)9-10-14-17-18-15(20-14)12-7-5-4-6-8-12/h12H,2-11H2,1H3,(H,16,19). The molecule has 1 aromatic rings. The van der Waals surface area contributed by atoms with Gasteiger partial charge in [-0.05, 0) is 19.3 Å². The van der Waals surface area contributed by atoms with Crippen LogP contribution in [0.25, 0.3) is 0 Å². The molecule has 0 aromatic carbocycles. The van der Waals surface area contributed by atoms with Gasteiger partial charge in [0.1, 0.15) is 0 Å². The lowest BCUT2D eigenvalue weighted by Gasteiger charge is -2.17. The summed E-state index contributed by atoms with van der Waals surface area (Å²) in [6, 6.07) is 0. The summed E-state index contributed by atoms with van der Waals surface area (Å²) in [5, 5.41) is 11.1. The van der Waals surface area contributed by atoms with E-state index in [0.717, 1.165) is 38.1 Å². The molecule has 0 spiro atoms. The Kier molecular flexibility index (Phi) is 6.02. The number of carbonyl (C=O) groups excluding carboxylic acids is 1. The van der Waals surface area contributed by atoms with Crippen molar-refractivity contribution >= 4 is 5.91 Å². The molecule has 0 aliphatic heterocycles. The fraction of sp³-hybridized carbons (Fsp3) is 0.800. The topological polar surface area (TPSA) is 68.0 Å². The number of unbranched alkanes of at least 4 members (excludes halogenated alkanes) is 1. The Labute approximate surface area is 120 Å². The van der Waals surface area contributed by atoms with Gasteiger partial charge in [0.25, 0.3) is 0 Å². The van der Waals surface area contributed by atoms with E-state index in [0.29, 0.717) is 24.7 Å². The fourth-order valence-corrected chi connectivity index (χ4v) is 2.60. The summed E-state index contributed by atoms with van der Waals surface area (Å²) < 4.78 is 5.70. The molecule has 1 saturated carbocycles. The Morgan fingerprint density at radius 1 is 1.30 bits per heavy atom. The molecule has 0 bridgehead atoms. The zero-order valence-corrected chi connectivity index (χ0v) is 12.4. The van der Waals surface area contributed by atoms with E-state index in [1.807, 2.05) is 0 Å². The summed E-state index contributed by atoms with van der Waals surface area (Å²) >= 11 is 0. The molecule has 1 N–H and O–H groups in total. The Hall–Kier alpha value is -1.39. The second kappa shape index (κ2) is 8.02. The van der Waals surface area contributed by atoms with Gasteiger partial charge in [-0.2, -0.15) is 0 Å². The van der Waals surface area contributed by atoms with Gasteiger partial charge in [0.15, 0.2) is 0 Å². The quantitative estimate of drug-likeness (QED) is 0.779. The largest absolute Gasteiger partial charge is 0.425 e. The highest BCUT2D eigenvalue weighted by Gasteiger charge is 2.21. The molecule has 1 aliphatic rings. The summed E-state index contributed by atoms with van der Waals surface area (Å²) in [5.74, 6) is 1.86. The highest BCUT2D eigenvalue weighted by molar-refractivity contribution is 5.75. The highest BCUT2D eigenvalue weighted by atomic mass is 16.4. The minimum atomic E-state index is 0.0656. The predicted molar refractivity (Wildman–Crippen MR) is 76.4 cm³/mol. The number of carbonyl (C=O) groups is 1. The van der Waals surface area contributed by atoms with E-state index in [9.17, 15) is 4.79 Å². The van der Waals surface area contributed by atoms with Crippen molar-refractivity contribution in [2.24, 2.45) is 0 Å². The van der Waals surface area contributed by atoms with Crippen LogP contribution in [0.4, 0.5) is 0 Å². The first-order chi connectivity index (χ1) is 9.79. The molecule has 1 aliphatic carbocycles. The summed E-state index contributed by atoms with van der Waals surface area (Å²) in [7, 11) is 0. The van der Waals surface area contributed by atoms with Crippen LogP contribution in [0.15, 0.2) is 4.42 Å². The number of nitrogens with one attached hydrogen (secondary N) is 1. The van der Waals surface area contributed by atoms with Crippen LogP contribution in [0.2, 0.25) is 0 Å². The SMILES string of the molecule is CCCCNC(=O)CCc1nnc(C2CCCCC2)o1. The van der Waals surface area contributed by atoms with E-state index >= 15 is 0 Å². The first kappa shape index (κ1) is 15.0. The molecule has 1 amide bonds. The minimum absolute atomic E-state index is 0.0656. The number of rotatable bonds is 7. The van der Waals surface area contributed by atoms with Gasteiger partial charge in [0, 0.05) is 25.3 Å². The van der Waals surface area contributed by atoms with Gasteiger partial charge in [-0.3, -0.25) is 4.79 Å². The Bertz CT molecular complexity index is 411. The average Bonchev–Trinajstić information content (AvgIpc) is 2.95. The number of amides is 1. The predicted octanol–water partition coefficient (Wildman–Crippen LogP) is 2.97. The van der Waals surface area contributed by atoms with Crippen LogP contribution in [-0.2, 0) is 11.2 Å². The summed E-state index contributed by atoms with van der Waals surface area (Å²) in [4.78, 5) is 11.6. The van der Waals surface area contributed by atoms with Gasteiger partial charge in [-0.1, -0.05) is 32.6 Å². The van der Waals surface area contributed by atoms with Crippen LogP contribution in [0.5, 0.6) is 0 Å². The minimum Gasteiger partial charge on any atom is -0.425 e. The molecular weight excluding hydrogens is 254 g/mol.